The molecule has 3 aromatic rings. The third kappa shape index (κ3) is 3.60. The van der Waals surface area contributed by atoms with E-state index < -0.39 is 10.0 Å². The summed E-state index contributed by atoms with van der Waals surface area (Å²) in [6, 6.07) is 16.3. The zero-order valence-electron chi connectivity index (χ0n) is 14.3. The molecule has 2 heterocycles. The van der Waals surface area contributed by atoms with Gasteiger partial charge in [-0.3, -0.25) is 0 Å². The van der Waals surface area contributed by atoms with Crippen LogP contribution in [0.15, 0.2) is 64.0 Å². The average molecular weight is 449 g/mol. The number of halogens is 1. The first-order valence-corrected chi connectivity index (χ1v) is 10.6. The van der Waals surface area contributed by atoms with Crippen LogP contribution in [-0.4, -0.2) is 59.1 Å². The van der Waals surface area contributed by atoms with Crippen molar-refractivity contribution in [2.24, 2.45) is 0 Å². The summed E-state index contributed by atoms with van der Waals surface area (Å²) in [6.45, 7) is 1.78. The number of para-hydroxylation sites is 1. The minimum atomic E-state index is -3.51. The highest BCUT2D eigenvalue weighted by Crippen LogP contribution is 2.22. The molecule has 140 valence electrons. The lowest BCUT2D eigenvalue weighted by atomic mass is 10.3. The summed E-state index contributed by atoms with van der Waals surface area (Å²) >= 11 is 3.33. The largest absolute Gasteiger partial charge is 0.337 e. The summed E-state index contributed by atoms with van der Waals surface area (Å²) in [6.07, 6.45) is 0. The van der Waals surface area contributed by atoms with Crippen LogP contribution < -0.4 is 4.90 Å². The molecule has 0 saturated carbocycles. The summed E-state index contributed by atoms with van der Waals surface area (Å²) in [4.78, 5) is 2.30. The van der Waals surface area contributed by atoms with Gasteiger partial charge in [0.2, 0.25) is 16.0 Å². The summed E-state index contributed by atoms with van der Waals surface area (Å²) in [7, 11) is -3.51. The molecule has 10 heteroatoms. The van der Waals surface area contributed by atoms with Crippen molar-refractivity contribution in [3.8, 4) is 5.69 Å². The Morgan fingerprint density at radius 2 is 1.56 bits per heavy atom. The molecule has 0 aliphatic carbocycles. The summed E-state index contributed by atoms with van der Waals surface area (Å²) in [5.41, 5.74) is 0.863. The molecule has 27 heavy (non-hydrogen) atoms. The van der Waals surface area contributed by atoms with E-state index in [9.17, 15) is 8.42 Å². The summed E-state index contributed by atoms with van der Waals surface area (Å²) in [5, 5.41) is 12.0. The van der Waals surface area contributed by atoms with Gasteiger partial charge < -0.3 is 4.90 Å². The molecule has 1 aliphatic heterocycles. The Labute approximate surface area is 165 Å². The van der Waals surface area contributed by atoms with Crippen molar-refractivity contribution >= 4 is 31.9 Å². The van der Waals surface area contributed by atoms with E-state index in [-0.39, 0.29) is 0 Å². The fourth-order valence-electron chi connectivity index (χ4n) is 3.00. The van der Waals surface area contributed by atoms with Gasteiger partial charge in [0.1, 0.15) is 0 Å². The highest BCUT2D eigenvalue weighted by Gasteiger charge is 2.30. The van der Waals surface area contributed by atoms with Gasteiger partial charge in [0.25, 0.3) is 0 Å². The molecule has 1 aromatic heterocycles. The highest BCUT2D eigenvalue weighted by atomic mass is 79.9. The number of hydrogen-bond acceptors (Lipinski definition) is 6. The van der Waals surface area contributed by atoms with Crippen molar-refractivity contribution in [2.75, 3.05) is 31.1 Å². The second-order valence-corrected chi connectivity index (χ2v) is 8.92. The average Bonchev–Trinajstić information content (AvgIpc) is 3.19. The maximum absolute atomic E-state index is 12.8. The summed E-state index contributed by atoms with van der Waals surface area (Å²) < 4.78 is 29.7. The Hall–Kier alpha value is -2.30. The number of rotatable bonds is 4. The Morgan fingerprint density at radius 1 is 0.889 bits per heavy atom. The van der Waals surface area contributed by atoms with Crippen LogP contribution in [0.2, 0.25) is 0 Å². The third-order valence-electron chi connectivity index (χ3n) is 4.43. The van der Waals surface area contributed by atoms with E-state index in [0.717, 1.165) is 10.2 Å². The molecular formula is C17H17BrN6O2S. The van der Waals surface area contributed by atoms with Crippen LogP contribution in [0.3, 0.4) is 0 Å². The Balaban J connectivity index is 1.50. The second-order valence-electron chi connectivity index (χ2n) is 6.07. The van der Waals surface area contributed by atoms with Crippen LogP contribution in [0.25, 0.3) is 5.69 Å². The molecule has 1 saturated heterocycles. The molecule has 0 amide bonds. The fourth-order valence-corrected chi connectivity index (χ4v) is 4.69. The molecule has 2 aromatic carbocycles. The predicted molar refractivity (Wildman–Crippen MR) is 104 cm³/mol. The van der Waals surface area contributed by atoms with Crippen LogP contribution in [-0.2, 0) is 10.0 Å². The predicted octanol–water partition coefficient (Wildman–Crippen LogP) is 1.94. The maximum atomic E-state index is 12.8. The van der Waals surface area contributed by atoms with Gasteiger partial charge in [0.15, 0.2) is 0 Å². The van der Waals surface area contributed by atoms with E-state index >= 15 is 0 Å². The SMILES string of the molecule is O=S(=O)(c1ccc(Br)cc1)N1CCN(c2nnnn2-c2ccccc2)CC1. The van der Waals surface area contributed by atoms with Gasteiger partial charge in [-0.05, 0) is 46.8 Å². The number of piperazine rings is 1. The zero-order chi connectivity index (χ0) is 18.9. The zero-order valence-corrected chi connectivity index (χ0v) is 16.7. The number of nitrogens with zero attached hydrogens (tertiary/aromatic N) is 6. The van der Waals surface area contributed by atoms with Crippen LogP contribution in [0.4, 0.5) is 5.95 Å². The van der Waals surface area contributed by atoms with E-state index in [1.54, 1.807) is 28.9 Å². The van der Waals surface area contributed by atoms with Crippen LogP contribution >= 0.6 is 15.9 Å². The number of aromatic nitrogens is 4. The van der Waals surface area contributed by atoms with E-state index in [1.165, 1.54) is 4.31 Å². The molecule has 0 N–H and O–H groups in total. The molecule has 8 nitrogen and oxygen atoms in total. The molecular weight excluding hydrogens is 432 g/mol. The van der Waals surface area contributed by atoms with Crippen LogP contribution in [0, 0.1) is 0 Å². The van der Waals surface area contributed by atoms with Gasteiger partial charge in [-0.15, -0.1) is 0 Å². The Morgan fingerprint density at radius 3 is 2.22 bits per heavy atom. The van der Waals surface area contributed by atoms with Crippen molar-refractivity contribution < 1.29 is 8.42 Å². The van der Waals surface area contributed by atoms with Gasteiger partial charge in [-0.25, -0.2) is 8.42 Å². The van der Waals surface area contributed by atoms with Gasteiger partial charge in [0.05, 0.1) is 10.6 Å². The third-order valence-corrected chi connectivity index (χ3v) is 6.87. The van der Waals surface area contributed by atoms with Crippen LogP contribution in [0.1, 0.15) is 0 Å². The Kier molecular flexibility index (Phi) is 4.94. The lowest BCUT2D eigenvalue weighted by molar-refractivity contribution is 0.381. The number of anilines is 1. The van der Waals surface area contributed by atoms with Gasteiger partial charge >= 0.3 is 0 Å². The quantitative estimate of drug-likeness (QED) is 0.606. The molecule has 0 spiro atoms. The smallest absolute Gasteiger partial charge is 0.250 e. The molecule has 0 atom stereocenters. The standard InChI is InChI=1S/C17H17BrN6O2S/c18-14-6-8-16(9-7-14)27(25,26)23-12-10-22(11-13-23)17-19-20-21-24(17)15-4-2-1-3-5-15/h1-9H,10-13H2. The number of benzene rings is 2. The van der Waals surface area contributed by atoms with Crippen molar-refractivity contribution in [3.05, 3.63) is 59.1 Å². The lowest BCUT2D eigenvalue weighted by Gasteiger charge is -2.34. The van der Waals surface area contributed by atoms with Gasteiger partial charge in [-0.2, -0.15) is 8.99 Å². The van der Waals surface area contributed by atoms with Crippen molar-refractivity contribution in [2.45, 2.75) is 4.90 Å². The number of hydrogen-bond donors (Lipinski definition) is 0. The minimum Gasteiger partial charge on any atom is -0.337 e. The summed E-state index contributed by atoms with van der Waals surface area (Å²) in [5.74, 6) is 0.613. The number of tetrazole rings is 1. The monoisotopic (exact) mass is 448 g/mol. The molecule has 0 unspecified atom stereocenters. The van der Waals surface area contributed by atoms with E-state index in [0.29, 0.717) is 37.0 Å². The first kappa shape index (κ1) is 18.1. The van der Waals surface area contributed by atoms with Crippen molar-refractivity contribution in [3.63, 3.8) is 0 Å². The molecule has 4 rings (SSSR count). The number of sulfonamides is 1. The van der Waals surface area contributed by atoms with Gasteiger partial charge in [-0.1, -0.05) is 39.2 Å². The van der Waals surface area contributed by atoms with Crippen LogP contribution in [0.5, 0.6) is 0 Å². The van der Waals surface area contributed by atoms with Crippen molar-refractivity contribution in [1.82, 2.24) is 24.5 Å². The minimum absolute atomic E-state index is 0.299. The first-order chi connectivity index (χ1) is 13.1. The maximum Gasteiger partial charge on any atom is 0.250 e. The molecule has 0 radical (unpaired) electrons. The van der Waals surface area contributed by atoms with E-state index in [2.05, 4.69) is 31.5 Å². The normalized spacial score (nSPS) is 15.8. The van der Waals surface area contributed by atoms with E-state index in [4.69, 9.17) is 0 Å². The van der Waals surface area contributed by atoms with Crippen molar-refractivity contribution in [1.29, 1.82) is 0 Å². The Bertz CT molecular complexity index is 1020. The first-order valence-electron chi connectivity index (χ1n) is 8.40. The van der Waals surface area contributed by atoms with E-state index in [1.807, 2.05) is 35.2 Å². The highest BCUT2D eigenvalue weighted by molar-refractivity contribution is 9.10. The molecule has 1 fully saturated rings. The second kappa shape index (κ2) is 7.37. The fraction of sp³-hybridized carbons (Fsp3) is 0.235. The van der Waals surface area contributed by atoms with Gasteiger partial charge in [0, 0.05) is 30.7 Å². The molecule has 1 aliphatic rings. The topological polar surface area (TPSA) is 84.2 Å². The lowest BCUT2D eigenvalue weighted by Crippen LogP contribution is -2.49. The molecule has 0 bridgehead atoms.